The lowest BCUT2D eigenvalue weighted by molar-refractivity contribution is -0.136. The van der Waals surface area contributed by atoms with Crippen molar-refractivity contribution in [3.8, 4) is 5.75 Å². The number of nitrogens with zero attached hydrogens (tertiary/aromatic N) is 3. The summed E-state index contributed by atoms with van der Waals surface area (Å²) in [7, 11) is 2.19. The van der Waals surface area contributed by atoms with Gasteiger partial charge in [-0.1, -0.05) is 13.8 Å². The molecule has 1 aromatic rings. The van der Waals surface area contributed by atoms with Gasteiger partial charge < -0.3 is 19.9 Å². The van der Waals surface area contributed by atoms with Gasteiger partial charge in [-0.2, -0.15) is 0 Å². The fraction of sp³-hybridized carbons (Fsp3) is 0.667. The van der Waals surface area contributed by atoms with Gasteiger partial charge in [-0.05, 0) is 63.5 Å². The molecule has 31 heavy (non-hydrogen) atoms. The highest BCUT2D eigenvalue weighted by Gasteiger charge is 2.33. The first-order chi connectivity index (χ1) is 14.9. The number of nitrogens with one attached hydrogen (secondary N) is 1. The second-order valence-electron chi connectivity index (χ2n) is 9.07. The second kappa shape index (κ2) is 11.0. The van der Waals surface area contributed by atoms with Crippen LogP contribution in [0.15, 0.2) is 24.3 Å². The van der Waals surface area contributed by atoms with E-state index in [4.69, 9.17) is 4.74 Å². The second-order valence-corrected chi connectivity index (χ2v) is 9.07. The average Bonchev–Trinajstić information content (AvgIpc) is 2.77. The van der Waals surface area contributed by atoms with Crippen molar-refractivity contribution in [3.63, 3.8) is 0 Å². The third-order valence-electron chi connectivity index (χ3n) is 6.39. The minimum atomic E-state index is -0.522. The number of rotatable bonds is 7. The highest BCUT2D eigenvalue weighted by Crippen LogP contribution is 2.18. The van der Waals surface area contributed by atoms with E-state index in [9.17, 15) is 9.59 Å². The molecule has 1 N–H and O–H groups in total. The van der Waals surface area contributed by atoms with E-state index < -0.39 is 6.04 Å². The predicted octanol–water partition coefficient (Wildman–Crippen LogP) is 2.08. The number of amides is 2. The number of ether oxygens (including phenoxy) is 1. The molecule has 0 bridgehead atoms. The van der Waals surface area contributed by atoms with Crippen LogP contribution in [0.4, 0.5) is 0 Å². The minimum absolute atomic E-state index is 0.0178. The molecule has 0 aromatic heterocycles. The van der Waals surface area contributed by atoms with Gasteiger partial charge in [0.05, 0.1) is 6.61 Å². The van der Waals surface area contributed by atoms with Crippen LogP contribution in [0.2, 0.25) is 0 Å². The molecule has 2 unspecified atom stereocenters. The van der Waals surface area contributed by atoms with Crippen molar-refractivity contribution in [2.24, 2.45) is 5.92 Å². The molecular weight excluding hydrogens is 392 g/mol. The number of piperidine rings is 1. The molecule has 2 aliphatic rings. The summed E-state index contributed by atoms with van der Waals surface area (Å²) < 4.78 is 5.44. The maximum absolute atomic E-state index is 13.2. The third kappa shape index (κ3) is 6.20. The summed E-state index contributed by atoms with van der Waals surface area (Å²) in [6.45, 7) is 12.0. The molecule has 2 amide bonds. The maximum atomic E-state index is 13.2. The average molecular weight is 431 g/mol. The van der Waals surface area contributed by atoms with E-state index in [1.807, 2.05) is 25.7 Å². The van der Waals surface area contributed by atoms with Gasteiger partial charge in [0.25, 0.3) is 5.91 Å². The zero-order valence-electron chi connectivity index (χ0n) is 19.5. The lowest BCUT2D eigenvalue weighted by Crippen LogP contribution is -2.59. The molecule has 0 aliphatic carbocycles. The molecule has 0 spiro atoms. The predicted molar refractivity (Wildman–Crippen MR) is 122 cm³/mol. The summed E-state index contributed by atoms with van der Waals surface area (Å²) in [5.41, 5.74) is 0.535. The van der Waals surface area contributed by atoms with E-state index in [1.165, 1.54) is 19.4 Å². The van der Waals surface area contributed by atoms with Gasteiger partial charge in [0.2, 0.25) is 5.91 Å². The summed E-state index contributed by atoms with van der Waals surface area (Å²) in [5, 5.41) is 2.97. The first kappa shape index (κ1) is 23.5. The van der Waals surface area contributed by atoms with Crippen molar-refractivity contribution in [1.29, 1.82) is 0 Å². The van der Waals surface area contributed by atoms with Crippen LogP contribution in [0.3, 0.4) is 0 Å². The Hall–Kier alpha value is -2.12. The van der Waals surface area contributed by atoms with Crippen molar-refractivity contribution in [2.75, 3.05) is 52.9 Å². The number of likely N-dealkylation sites (N-methyl/N-ethyl adjacent to an activating group) is 1. The number of carbonyl (C=O) groups excluding carboxylic acids is 2. The van der Waals surface area contributed by atoms with Crippen LogP contribution < -0.4 is 10.1 Å². The van der Waals surface area contributed by atoms with Crippen molar-refractivity contribution in [2.45, 2.75) is 45.7 Å². The van der Waals surface area contributed by atoms with Crippen LogP contribution >= 0.6 is 0 Å². The molecule has 172 valence electrons. The zero-order chi connectivity index (χ0) is 22.4. The molecule has 0 radical (unpaired) electrons. The van der Waals surface area contributed by atoms with Crippen LogP contribution in [-0.2, 0) is 4.79 Å². The molecular formula is C24H38N4O3. The Morgan fingerprint density at radius 3 is 2.35 bits per heavy atom. The molecule has 2 fully saturated rings. The Kier molecular flexibility index (Phi) is 8.32. The van der Waals surface area contributed by atoms with Gasteiger partial charge in [0.1, 0.15) is 11.8 Å². The largest absolute Gasteiger partial charge is 0.494 e. The molecule has 2 aliphatic heterocycles. The molecule has 7 heteroatoms. The SMILES string of the molecule is CCOc1ccc(C(=O)NC(C(=O)N2CCN(C3CCCN(C)C3)CC2)C(C)C)cc1. The van der Waals surface area contributed by atoms with Crippen LogP contribution in [0, 0.1) is 5.92 Å². The lowest BCUT2D eigenvalue weighted by atomic mass is 10.0. The molecule has 2 saturated heterocycles. The lowest BCUT2D eigenvalue weighted by Gasteiger charge is -2.43. The fourth-order valence-electron chi connectivity index (χ4n) is 4.55. The topological polar surface area (TPSA) is 65.1 Å². The zero-order valence-corrected chi connectivity index (χ0v) is 19.5. The number of carbonyl (C=O) groups is 2. The van der Waals surface area contributed by atoms with Gasteiger partial charge in [-0.15, -0.1) is 0 Å². The number of hydrogen-bond acceptors (Lipinski definition) is 5. The van der Waals surface area contributed by atoms with Crippen LogP contribution in [0.25, 0.3) is 0 Å². The Morgan fingerprint density at radius 1 is 1.10 bits per heavy atom. The Labute approximate surface area is 186 Å². The van der Waals surface area contributed by atoms with Crippen molar-refractivity contribution in [1.82, 2.24) is 20.0 Å². The maximum Gasteiger partial charge on any atom is 0.251 e. The van der Waals surface area contributed by atoms with E-state index in [0.29, 0.717) is 18.2 Å². The van der Waals surface area contributed by atoms with Crippen LogP contribution in [-0.4, -0.2) is 91.5 Å². The van der Waals surface area contributed by atoms with E-state index in [2.05, 4.69) is 22.2 Å². The van der Waals surface area contributed by atoms with Crippen molar-refractivity contribution in [3.05, 3.63) is 29.8 Å². The van der Waals surface area contributed by atoms with Gasteiger partial charge in [0.15, 0.2) is 0 Å². The number of piperazine rings is 1. The van der Waals surface area contributed by atoms with E-state index in [1.54, 1.807) is 24.3 Å². The van der Waals surface area contributed by atoms with E-state index >= 15 is 0 Å². The molecule has 2 atom stereocenters. The summed E-state index contributed by atoms with van der Waals surface area (Å²) in [6, 6.07) is 7.12. The third-order valence-corrected chi connectivity index (χ3v) is 6.39. The van der Waals surface area contributed by atoms with Crippen molar-refractivity contribution < 1.29 is 14.3 Å². The number of benzene rings is 1. The summed E-state index contributed by atoms with van der Waals surface area (Å²) in [5.74, 6) is 0.551. The highest BCUT2D eigenvalue weighted by atomic mass is 16.5. The van der Waals surface area contributed by atoms with Gasteiger partial charge in [-0.3, -0.25) is 14.5 Å². The molecule has 7 nitrogen and oxygen atoms in total. The number of likely N-dealkylation sites (tertiary alicyclic amines) is 1. The summed E-state index contributed by atoms with van der Waals surface area (Å²) in [6.07, 6.45) is 2.48. The molecule has 3 rings (SSSR count). The molecule has 1 aromatic carbocycles. The fourth-order valence-corrected chi connectivity index (χ4v) is 4.55. The quantitative estimate of drug-likeness (QED) is 0.718. The molecule has 2 heterocycles. The first-order valence-corrected chi connectivity index (χ1v) is 11.6. The Bertz CT molecular complexity index is 729. The Balaban J connectivity index is 1.56. The first-order valence-electron chi connectivity index (χ1n) is 11.6. The minimum Gasteiger partial charge on any atom is -0.494 e. The summed E-state index contributed by atoms with van der Waals surface area (Å²) >= 11 is 0. The van der Waals surface area contributed by atoms with Crippen LogP contribution in [0.5, 0.6) is 5.75 Å². The standard InChI is InChI=1S/C24H38N4O3/c1-5-31-21-10-8-19(9-11-21)23(29)25-22(18(2)3)24(30)28-15-13-27(14-16-28)20-7-6-12-26(4)17-20/h8-11,18,20,22H,5-7,12-17H2,1-4H3,(H,25,29). The van der Waals surface area contributed by atoms with Gasteiger partial charge in [0, 0.05) is 44.3 Å². The smallest absolute Gasteiger partial charge is 0.251 e. The summed E-state index contributed by atoms with van der Waals surface area (Å²) in [4.78, 5) is 32.9. The molecule has 0 saturated carbocycles. The van der Waals surface area contributed by atoms with Crippen LogP contribution in [0.1, 0.15) is 44.0 Å². The normalized spacial score (nSPS) is 21.7. The Morgan fingerprint density at radius 2 is 1.77 bits per heavy atom. The van der Waals surface area contributed by atoms with Crippen molar-refractivity contribution >= 4 is 11.8 Å². The number of hydrogen-bond donors (Lipinski definition) is 1. The van der Waals surface area contributed by atoms with Gasteiger partial charge >= 0.3 is 0 Å². The van der Waals surface area contributed by atoms with E-state index in [0.717, 1.165) is 38.5 Å². The highest BCUT2D eigenvalue weighted by molar-refractivity contribution is 5.97. The monoisotopic (exact) mass is 430 g/mol. The van der Waals surface area contributed by atoms with E-state index in [-0.39, 0.29) is 17.7 Å². The van der Waals surface area contributed by atoms with Gasteiger partial charge in [-0.25, -0.2) is 0 Å².